The predicted molar refractivity (Wildman–Crippen MR) is 71.6 cm³/mol. The molecule has 0 radical (unpaired) electrons. The summed E-state index contributed by atoms with van der Waals surface area (Å²) < 4.78 is 0. The fraction of sp³-hybridized carbons (Fsp3) is 0.667. The van der Waals surface area contributed by atoms with Gasteiger partial charge in [0.05, 0.1) is 19.1 Å². The Bertz CT molecular complexity index is 468. The van der Waals surface area contributed by atoms with Crippen molar-refractivity contribution in [1.82, 2.24) is 10.2 Å². The topological polar surface area (TPSA) is 170 Å². The van der Waals surface area contributed by atoms with E-state index in [9.17, 15) is 19.2 Å². The van der Waals surface area contributed by atoms with Crippen molar-refractivity contribution in [2.75, 3.05) is 13.2 Å². The first-order chi connectivity index (χ1) is 10.3. The summed E-state index contributed by atoms with van der Waals surface area (Å²) >= 11 is 0. The summed E-state index contributed by atoms with van der Waals surface area (Å²) in [5.74, 6) is -4.01. The van der Waals surface area contributed by atoms with Crippen molar-refractivity contribution in [2.24, 2.45) is 5.73 Å². The van der Waals surface area contributed by atoms with Gasteiger partial charge in [0.15, 0.2) is 0 Å². The second-order valence-electron chi connectivity index (χ2n) is 4.98. The van der Waals surface area contributed by atoms with Crippen LogP contribution in [0.15, 0.2) is 0 Å². The van der Waals surface area contributed by atoms with Crippen LogP contribution in [0.2, 0.25) is 0 Å². The first-order valence-electron chi connectivity index (χ1n) is 6.69. The molecule has 0 aliphatic carbocycles. The number of carbonyl (C=O) groups is 4. The molecule has 22 heavy (non-hydrogen) atoms. The van der Waals surface area contributed by atoms with Crippen molar-refractivity contribution in [3.8, 4) is 0 Å². The zero-order valence-corrected chi connectivity index (χ0v) is 11.8. The number of carboxylic acids is 2. The van der Waals surface area contributed by atoms with Gasteiger partial charge < -0.3 is 31.3 Å². The number of aliphatic hydroxyl groups is 1. The lowest BCUT2D eigenvalue weighted by Crippen LogP contribution is -2.54. The molecule has 124 valence electrons. The van der Waals surface area contributed by atoms with Crippen LogP contribution in [0, 0.1) is 0 Å². The Morgan fingerprint density at radius 3 is 2.41 bits per heavy atom. The van der Waals surface area contributed by atoms with Crippen LogP contribution in [0.4, 0.5) is 0 Å². The normalized spacial score (nSPS) is 20.3. The van der Waals surface area contributed by atoms with E-state index in [1.54, 1.807) is 0 Å². The molecular weight excluding hydrogens is 298 g/mol. The number of carbonyl (C=O) groups excluding carboxylic acids is 2. The number of nitrogens with two attached hydrogens (primary N) is 1. The van der Waals surface area contributed by atoms with Crippen LogP contribution in [0.25, 0.3) is 0 Å². The first-order valence-corrected chi connectivity index (χ1v) is 6.69. The summed E-state index contributed by atoms with van der Waals surface area (Å²) in [6.07, 6.45) is 0.272. The average Bonchev–Trinajstić information content (AvgIpc) is 2.91. The van der Waals surface area contributed by atoms with E-state index in [0.717, 1.165) is 4.90 Å². The van der Waals surface area contributed by atoms with Crippen molar-refractivity contribution in [1.29, 1.82) is 0 Å². The van der Waals surface area contributed by atoms with E-state index in [1.807, 2.05) is 0 Å². The number of carboxylic acid groups (broad SMARTS) is 2. The fourth-order valence-electron chi connectivity index (χ4n) is 2.24. The highest BCUT2D eigenvalue weighted by Gasteiger charge is 2.37. The number of nitrogens with zero attached hydrogens (tertiary/aromatic N) is 1. The third-order valence-corrected chi connectivity index (χ3v) is 3.35. The molecule has 1 fully saturated rings. The molecule has 0 aromatic heterocycles. The average molecular weight is 317 g/mol. The summed E-state index contributed by atoms with van der Waals surface area (Å²) in [6, 6.07) is -3.64. The standard InChI is InChI=1S/C12H19N3O7/c13-6(4-9(17)18)11(20)15-3-1-2-8(15)10(19)14-7(5-16)12(21)22/h6-8,16H,1-5,13H2,(H,14,19)(H,17,18)(H,21,22)/t6-,7-,8-/m0/s1. The highest BCUT2D eigenvalue weighted by atomic mass is 16.4. The second kappa shape index (κ2) is 7.71. The van der Waals surface area contributed by atoms with Crippen LogP contribution >= 0.6 is 0 Å². The highest BCUT2D eigenvalue weighted by molar-refractivity contribution is 5.93. The summed E-state index contributed by atoms with van der Waals surface area (Å²) in [6.45, 7) is -0.540. The van der Waals surface area contributed by atoms with Crippen LogP contribution in [-0.4, -0.2) is 75.2 Å². The smallest absolute Gasteiger partial charge is 0.328 e. The number of aliphatic carboxylic acids is 2. The van der Waals surface area contributed by atoms with Gasteiger partial charge in [-0.05, 0) is 12.8 Å². The van der Waals surface area contributed by atoms with Gasteiger partial charge in [0.1, 0.15) is 12.1 Å². The summed E-state index contributed by atoms with van der Waals surface area (Å²) in [5.41, 5.74) is 5.50. The molecule has 1 heterocycles. The van der Waals surface area contributed by atoms with Crippen molar-refractivity contribution >= 4 is 23.8 Å². The van der Waals surface area contributed by atoms with Crippen LogP contribution in [0.1, 0.15) is 19.3 Å². The van der Waals surface area contributed by atoms with Crippen molar-refractivity contribution in [3.63, 3.8) is 0 Å². The third kappa shape index (κ3) is 4.40. The molecule has 0 spiro atoms. The molecule has 10 nitrogen and oxygen atoms in total. The molecule has 6 N–H and O–H groups in total. The molecule has 1 aliphatic heterocycles. The van der Waals surface area contributed by atoms with E-state index in [4.69, 9.17) is 21.1 Å². The summed E-state index contributed by atoms with van der Waals surface area (Å²) in [5, 5.41) is 28.4. The summed E-state index contributed by atoms with van der Waals surface area (Å²) in [7, 11) is 0. The first kappa shape index (κ1) is 17.9. The SMILES string of the molecule is N[C@@H](CC(=O)O)C(=O)N1CCC[C@H]1C(=O)N[C@@H](CO)C(=O)O. The lowest BCUT2D eigenvalue weighted by Gasteiger charge is -2.27. The van der Waals surface area contributed by atoms with Gasteiger partial charge in [-0.25, -0.2) is 4.79 Å². The number of nitrogens with one attached hydrogen (secondary N) is 1. The Hall–Kier alpha value is -2.20. The summed E-state index contributed by atoms with van der Waals surface area (Å²) in [4.78, 5) is 46.6. The molecular formula is C12H19N3O7. The van der Waals surface area contributed by atoms with Gasteiger partial charge in [0, 0.05) is 6.54 Å². The minimum absolute atomic E-state index is 0.237. The Labute approximate surface area is 125 Å². The van der Waals surface area contributed by atoms with Crippen LogP contribution in [-0.2, 0) is 19.2 Å². The molecule has 0 aromatic carbocycles. The largest absolute Gasteiger partial charge is 0.481 e. The maximum Gasteiger partial charge on any atom is 0.328 e. The van der Waals surface area contributed by atoms with Crippen LogP contribution in [0.5, 0.6) is 0 Å². The molecule has 2 amide bonds. The lowest BCUT2D eigenvalue weighted by atomic mass is 10.1. The maximum absolute atomic E-state index is 12.1. The van der Waals surface area contributed by atoms with Crippen molar-refractivity contribution in [2.45, 2.75) is 37.4 Å². The monoisotopic (exact) mass is 317 g/mol. The van der Waals surface area contributed by atoms with E-state index < -0.39 is 54.9 Å². The Morgan fingerprint density at radius 1 is 1.27 bits per heavy atom. The molecule has 10 heteroatoms. The van der Waals surface area contributed by atoms with Gasteiger partial charge >= 0.3 is 11.9 Å². The molecule has 1 aliphatic rings. The van der Waals surface area contributed by atoms with Crippen molar-refractivity contribution in [3.05, 3.63) is 0 Å². The fourth-order valence-corrected chi connectivity index (χ4v) is 2.24. The third-order valence-electron chi connectivity index (χ3n) is 3.35. The van der Waals surface area contributed by atoms with Gasteiger partial charge in [-0.15, -0.1) is 0 Å². The van der Waals surface area contributed by atoms with Gasteiger partial charge in [-0.3, -0.25) is 14.4 Å². The number of hydrogen-bond acceptors (Lipinski definition) is 6. The van der Waals surface area contributed by atoms with E-state index in [-0.39, 0.29) is 6.54 Å². The number of rotatable bonds is 7. The highest BCUT2D eigenvalue weighted by Crippen LogP contribution is 2.19. The Kier molecular flexibility index (Phi) is 6.25. The molecule has 0 aromatic rings. The molecule has 3 atom stereocenters. The van der Waals surface area contributed by atoms with Gasteiger partial charge in [0.2, 0.25) is 11.8 Å². The maximum atomic E-state index is 12.1. The predicted octanol–water partition coefficient (Wildman–Crippen LogP) is -2.66. The molecule has 0 unspecified atom stereocenters. The van der Waals surface area contributed by atoms with Crippen LogP contribution < -0.4 is 11.1 Å². The minimum atomic E-state index is -1.46. The molecule has 0 bridgehead atoms. The minimum Gasteiger partial charge on any atom is -0.481 e. The van der Waals surface area contributed by atoms with Gasteiger partial charge in [-0.2, -0.15) is 0 Å². The Morgan fingerprint density at radius 2 is 1.91 bits per heavy atom. The van der Waals surface area contributed by atoms with E-state index >= 15 is 0 Å². The quantitative estimate of drug-likeness (QED) is 0.338. The zero-order chi connectivity index (χ0) is 16.9. The Balaban J connectivity index is 2.73. The van der Waals surface area contributed by atoms with E-state index in [1.165, 1.54) is 0 Å². The van der Waals surface area contributed by atoms with Crippen molar-refractivity contribution < 1.29 is 34.5 Å². The van der Waals surface area contributed by atoms with Crippen LogP contribution in [0.3, 0.4) is 0 Å². The van der Waals surface area contributed by atoms with E-state index in [2.05, 4.69) is 5.32 Å². The zero-order valence-electron chi connectivity index (χ0n) is 11.8. The van der Waals surface area contributed by atoms with E-state index in [0.29, 0.717) is 12.8 Å². The van der Waals surface area contributed by atoms with Gasteiger partial charge in [0.25, 0.3) is 0 Å². The van der Waals surface area contributed by atoms with Gasteiger partial charge in [-0.1, -0.05) is 0 Å². The molecule has 1 saturated heterocycles. The number of hydrogen-bond donors (Lipinski definition) is 5. The number of amides is 2. The second-order valence-corrected chi connectivity index (χ2v) is 4.98. The number of likely N-dealkylation sites (tertiary alicyclic amines) is 1. The molecule has 1 rings (SSSR count). The molecule has 0 saturated carbocycles. The number of aliphatic hydroxyl groups excluding tert-OH is 1. The lowest BCUT2D eigenvalue weighted by molar-refractivity contribution is -0.146.